The van der Waals surface area contributed by atoms with Crippen molar-refractivity contribution in [1.82, 2.24) is 5.32 Å². The molecule has 0 saturated carbocycles. The fourth-order valence-electron chi connectivity index (χ4n) is 2.49. The highest BCUT2D eigenvalue weighted by atomic mass is 32.1. The number of ether oxygens (including phenoxy) is 1. The first kappa shape index (κ1) is 17.0. The molecule has 2 aromatic heterocycles. The maximum Gasteiger partial charge on any atom is 0.337 e. The Hall–Kier alpha value is -2.86. The molecular weight excluding hydrogens is 338 g/mol. The van der Waals surface area contributed by atoms with Crippen molar-refractivity contribution in [3.63, 3.8) is 0 Å². The van der Waals surface area contributed by atoms with Crippen molar-refractivity contribution < 1.29 is 18.7 Å². The van der Waals surface area contributed by atoms with Crippen molar-refractivity contribution in [3.05, 3.63) is 81.9 Å². The minimum Gasteiger partial charge on any atom is -0.469 e. The molecule has 128 valence electrons. The van der Waals surface area contributed by atoms with Crippen LogP contribution in [0.4, 0.5) is 0 Å². The number of methoxy groups -OCH3 is 1. The first-order valence-electron chi connectivity index (χ1n) is 7.72. The van der Waals surface area contributed by atoms with Gasteiger partial charge in [0.1, 0.15) is 5.76 Å². The normalized spacial score (nSPS) is 11.7. The summed E-state index contributed by atoms with van der Waals surface area (Å²) >= 11 is 1.62. The van der Waals surface area contributed by atoms with Crippen molar-refractivity contribution >= 4 is 23.2 Å². The Kier molecular flexibility index (Phi) is 5.30. The predicted octanol–water partition coefficient (Wildman–Crippen LogP) is 3.69. The average molecular weight is 355 g/mol. The lowest BCUT2D eigenvalue weighted by Crippen LogP contribution is -2.28. The largest absolute Gasteiger partial charge is 0.469 e. The number of carbonyl (C=O) groups is 2. The molecule has 0 aliphatic carbocycles. The molecule has 0 unspecified atom stereocenters. The Labute approximate surface area is 149 Å². The maximum absolute atomic E-state index is 12.4. The van der Waals surface area contributed by atoms with Crippen molar-refractivity contribution in [1.29, 1.82) is 0 Å². The molecule has 0 saturated heterocycles. The van der Waals surface area contributed by atoms with Crippen LogP contribution in [0.15, 0.2) is 64.6 Å². The van der Waals surface area contributed by atoms with E-state index >= 15 is 0 Å². The summed E-state index contributed by atoms with van der Waals surface area (Å²) in [5, 5.41) is 4.93. The number of nitrogens with one attached hydrogen (secondary N) is 1. The van der Waals surface area contributed by atoms with Crippen LogP contribution in [-0.2, 0) is 4.74 Å². The molecule has 0 aliphatic rings. The molecule has 0 aliphatic heterocycles. The molecule has 1 aromatic carbocycles. The van der Waals surface area contributed by atoms with Crippen LogP contribution >= 0.6 is 11.3 Å². The minimum atomic E-state index is -0.428. The number of esters is 1. The summed E-state index contributed by atoms with van der Waals surface area (Å²) in [5.74, 6) is 0.143. The Morgan fingerprint density at radius 2 is 1.88 bits per heavy atom. The van der Waals surface area contributed by atoms with Crippen LogP contribution in [0, 0.1) is 0 Å². The fourth-order valence-corrected chi connectivity index (χ4v) is 3.33. The molecule has 0 radical (unpaired) electrons. The van der Waals surface area contributed by atoms with Crippen molar-refractivity contribution in [2.24, 2.45) is 0 Å². The molecule has 2 heterocycles. The van der Waals surface area contributed by atoms with Crippen LogP contribution in [0.25, 0.3) is 0 Å². The van der Waals surface area contributed by atoms with Crippen LogP contribution < -0.4 is 5.32 Å². The maximum atomic E-state index is 12.4. The molecule has 0 spiro atoms. The van der Waals surface area contributed by atoms with Gasteiger partial charge in [-0.3, -0.25) is 4.79 Å². The molecule has 3 aromatic rings. The molecule has 1 N–H and O–H groups in total. The molecule has 25 heavy (non-hydrogen) atoms. The molecule has 0 fully saturated rings. The molecule has 0 bridgehead atoms. The van der Waals surface area contributed by atoms with Gasteiger partial charge in [-0.15, -0.1) is 11.3 Å². The summed E-state index contributed by atoms with van der Waals surface area (Å²) in [6, 6.07) is 14.1. The second-order valence-electron chi connectivity index (χ2n) is 5.36. The van der Waals surface area contributed by atoms with Gasteiger partial charge < -0.3 is 14.5 Å². The van der Waals surface area contributed by atoms with Gasteiger partial charge in [0, 0.05) is 17.0 Å². The Balaban J connectivity index is 1.69. The van der Waals surface area contributed by atoms with E-state index in [1.165, 1.54) is 7.11 Å². The lowest BCUT2D eigenvalue weighted by Gasteiger charge is -2.14. The zero-order chi connectivity index (χ0) is 17.6. The first-order chi connectivity index (χ1) is 12.2. The van der Waals surface area contributed by atoms with Crippen molar-refractivity contribution in [2.75, 3.05) is 13.7 Å². The third kappa shape index (κ3) is 3.97. The van der Waals surface area contributed by atoms with Crippen LogP contribution in [0.3, 0.4) is 0 Å². The molecule has 1 amide bonds. The van der Waals surface area contributed by atoms with Gasteiger partial charge in [-0.2, -0.15) is 0 Å². The molecular formula is C19H17NO4S. The monoisotopic (exact) mass is 355 g/mol. The van der Waals surface area contributed by atoms with Crippen LogP contribution in [-0.4, -0.2) is 25.5 Å². The number of carbonyl (C=O) groups excluding carboxylic acids is 2. The van der Waals surface area contributed by atoms with E-state index in [1.807, 2.05) is 29.6 Å². The summed E-state index contributed by atoms with van der Waals surface area (Å²) in [4.78, 5) is 24.9. The highest BCUT2D eigenvalue weighted by molar-refractivity contribution is 7.10. The second-order valence-corrected chi connectivity index (χ2v) is 6.34. The third-order valence-corrected chi connectivity index (χ3v) is 4.79. The van der Waals surface area contributed by atoms with E-state index in [1.54, 1.807) is 41.9 Å². The number of rotatable bonds is 6. The summed E-state index contributed by atoms with van der Waals surface area (Å²) in [6.07, 6.45) is 1.63. The second kappa shape index (κ2) is 7.81. The Morgan fingerprint density at radius 3 is 2.48 bits per heavy atom. The van der Waals surface area contributed by atoms with Gasteiger partial charge in [0.15, 0.2) is 0 Å². The first-order valence-corrected chi connectivity index (χ1v) is 8.60. The topological polar surface area (TPSA) is 68.5 Å². The smallest absolute Gasteiger partial charge is 0.337 e. The minimum absolute atomic E-state index is 0.0340. The van der Waals surface area contributed by atoms with Gasteiger partial charge in [-0.05, 0) is 47.8 Å². The summed E-state index contributed by atoms with van der Waals surface area (Å²) in [7, 11) is 1.32. The number of hydrogen-bond donors (Lipinski definition) is 1. The molecule has 1 atom stereocenters. The molecule has 5 nitrogen and oxygen atoms in total. The quantitative estimate of drug-likeness (QED) is 0.685. The van der Waals surface area contributed by atoms with Gasteiger partial charge in [0.25, 0.3) is 5.91 Å². The average Bonchev–Trinajstić information content (AvgIpc) is 3.35. The lowest BCUT2D eigenvalue weighted by atomic mass is 10.0. The van der Waals surface area contributed by atoms with Gasteiger partial charge in [-0.1, -0.05) is 6.07 Å². The van der Waals surface area contributed by atoms with Crippen LogP contribution in [0.1, 0.15) is 37.3 Å². The van der Waals surface area contributed by atoms with E-state index in [0.717, 1.165) is 10.6 Å². The highest BCUT2D eigenvalue weighted by Crippen LogP contribution is 2.28. The predicted molar refractivity (Wildman–Crippen MR) is 95.0 cm³/mol. The zero-order valence-electron chi connectivity index (χ0n) is 13.6. The highest BCUT2D eigenvalue weighted by Gasteiger charge is 2.19. The number of benzene rings is 1. The van der Waals surface area contributed by atoms with Crippen LogP contribution in [0.2, 0.25) is 0 Å². The standard InChI is InChI=1S/C19H17NO4S/c1-23-19(22)14-8-6-13(7-9-14)18(21)20-12-15(16-4-2-10-24-16)17-5-3-11-25-17/h2-11,15H,12H2,1H3,(H,20,21)/t15-/m1/s1. The van der Waals surface area contributed by atoms with Crippen molar-refractivity contribution in [3.8, 4) is 0 Å². The van der Waals surface area contributed by atoms with Gasteiger partial charge >= 0.3 is 5.97 Å². The third-order valence-electron chi connectivity index (χ3n) is 3.81. The fraction of sp³-hybridized carbons (Fsp3) is 0.158. The van der Waals surface area contributed by atoms with Gasteiger partial charge in [0.2, 0.25) is 0 Å². The SMILES string of the molecule is COC(=O)c1ccc(C(=O)NC[C@H](c2ccco2)c2cccs2)cc1. The molecule has 3 rings (SSSR count). The number of furan rings is 1. The van der Waals surface area contributed by atoms with Gasteiger partial charge in [-0.25, -0.2) is 4.79 Å². The van der Waals surface area contributed by atoms with E-state index in [2.05, 4.69) is 10.1 Å². The Bertz CT molecular complexity index is 789. The van der Waals surface area contributed by atoms with E-state index in [-0.39, 0.29) is 11.8 Å². The molecule has 6 heteroatoms. The number of hydrogen-bond acceptors (Lipinski definition) is 5. The number of amides is 1. The van der Waals surface area contributed by atoms with E-state index in [4.69, 9.17) is 4.42 Å². The summed E-state index contributed by atoms with van der Waals surface area (Å²) in [6.45, 7) is 0.422. The number of thiophene rings is 1. The summed E-state index contributed by atoms with van der Waals surface area (Å²) in [5.41, 5.74) is 0.892. The van der Waals surface area contributed by atoms with E-state index in [9.17, 15) is 9.59 Å². The summed E-state index contributed by atoms with van der Waals surface area (Å²) < 4.78 is 10.2. The Morgan fingerprint density at radius 1 is 1.12 bits per heavy atom. The van der Waals surface area contributed by atoms with E-state index in [0.29, 0.717) is 17.7 Å². The lowest BCUT2D eigenvalue weighted by molar-refractivity contribution is 0.0600. The van der Waals surface area contributed by atoms with E-state index < -0.39 is 5.97 Å². The zero-order valence-corrected chi connectivity index (χ0v) is 14.4. The van der Waals surface area contributed by atoms with Crippen LogP contribution in [0.5, 0.6) is 0 Å². The van der Waals surface area contributed by atoms with Gasteiger partial charge in [0.05, 0.1) is 24.9 Å². The van der Waals surface area contributed by atoms with Crippen molar-refractivity contribution in [2.45, 2.75) is 5.92 Å².